The summed E-state index contributed by atoms with van der Waals surface area (Å²) in [5.74, 6) is 2.06. The number of anilines is 3. The molecule has 3 heterocycles. The molecule has 0 unspecified atom stereocenters. The molecule has 3 N–H and O–H groups in total. The third-order valence-corrected chi connectivity index (χ3v) is 6.98. The van der Waals surface area contributed by atoms with Gasteiger partial charge in [-0.05, 0) is 54.3 Å². The minimum Gasteiger partial charge on any atom is -0.358 e. The van der Waals surface area contributed by atoms with Gasteiger partial charge in [-0.1, -0.05) is 44.2 Å². The molecule has 39 heavy (non-hydrogen) atoms. The fourth-order valence-corrected chi connectivity index (χ4v) is 4.93. The minimum atomic E-state index is -0.454. The molecule has 1 amide bonds. The first-order valence-electron chi connectivity index (χ1n) is 13.4. The lowest BCUT2D eigenvalue weighted by molar-refractivity contribution is -0.122. The highest BCUT2D eigenvalue weighted by molar-refractivity contribution is 5.84. The van der Waals surface area contributed by atoms with Crippen molar-refractivity contribution in [2.24, 2.45) is 5.92 Å². The number of carbonyl (C=O) groups excluding carboxylic acids is 1. The highest BCUT2D eigenvalue weighted by Crippen LogP contribution is 2.29. The monoisotopic (exact) mass is 520 g/mol. The third kappa shape index (κ3) is 7.20. The maximum Gasteiger partial charge on any atom is 0.242 e. The van der Waals surface area contributed by atoms with Gasteiger partial charge < -0.3 is 20.5 Å². The molecule has 9 heteroatoms. The highest BCUT2D eigenvalue weighted by Gasteiger charge is 2.25. The first-order valence-corrected chi connectivity index (χ1v) is 13.4. The van der Waals surface area contributed by atoms with Crippen LogP contribution in [0.1, 0.15) is 49.7 Å². The average molecular weight is 521 g/mol. The summed E-state index contributed by atoms with van der Waals surface area (Å²) in [5, 5.41) is 18.8. The Morgan fingerprint density at radius 2 is 1.85 bits per heavy atom. The molecule has 1 aliphatic carbocycles. The number of nitriles is 1. The van der Waals surface area contributed by atoms with Crippen LogP contribution in [0.3, 0.4) is 0 Å². The SMILES string of the molecule is N#Cc1ccc(CNC(=O)[C@@H](CC2CCCCC2)Nc2cc(-n3cccc3)nc(Nc3cccnc3)n2)cc1. The first kappa shape index (κ1) is 25.9. The summed E-state index contributed by atoms with van der Waals surface area (Å²) in [7, 11) is 0. The van der Waals surface area contributed by atoms with Gasteiger partial charge in [0.1, 0.15) is 17.7 Å². The van der Waals surface area contributed by atoms with E-state index in [2.05, 4.69) is 32.0 Å². The molecule has 1 saturated carbocycles. The maximum atomic E-state index is 13.5. The van der Waals surface area contributed by atoms with Crippen molar-refractivity contribution in [2.45, 2.75) is 51.1 Å². The van der Waals surface area contributed by atoms with Crippen LogP contribution in [0.15, 0.2) is 79.4 Å². The molecule has 1 atom stereocenters. The van der Waals surface area contributed by atoms with E-state index in [1.165, 1.54) is 19.3 Å². The number of benzene rings is 1. The second-order valence-corrected chi connectivity index (χ2v) is 9.86. The molecule has 0 aliphatic heterocycles. The summed E-state index contributed by atoms with van der Waals surface area (Å²) in [4.78, 5) is 27.1. The van der Waals surface area contributed by atoms with E-state index in [4.69, 9.17) is 10.2 Å². The lowest BCUT2D eigenvalue weighted by Gasteiger charge is -2.27. The maximum absolute atomic E-state index is 13.5. The second kappa shape index (κ2) is 12.7. The van der Waals surface area contributed by atoms with Crippen LogP contribution in [0.2, 0.25) is 0 Å². The lowest BCUT2D eigenvalue weighted by Crippen LogP contribution is -2.41. The van der Waals surface area contributed by atoms with Crippen LogP contribution in [0.5, 0.6) is 0 Å². The number of rotatable bonds is 10. The van der Waals surface area contributed by atoms with Crippen LogP contribution in [0.4, 0.5) is 17.5 Å². The number of hydrogen-bond acceptors (Lipinski definition) is 7. The van der Waals surface area contributed by atoms with Gasteiger partial charge in [-0.3, -0.25) is 9.78 Å². The fraction of sp³-hybridized carbons (Fsp3) is 0.300. The summed E-state index contributed by atoms with van der Waals surface area (Å²) in [6, 6.07) is 18.4. The number of carbonyl (C=O) groups is 1. The van der Waals surface area contributed by atoms with Gasteiger partial charge in [0.15, 0.2) is 0 Å². The molecule has 1 aromatic carbocycles. The van der Waals surface area contributed by atoms with Gasteiger partial charge in [0, 0.05) is 31.2 Å². The fourth-order valence-electron chi connectivity index (χ4n) is 4.93. The summed E-state index contributed by atoms with van der Waals surface area (Å²) in [6.45, 7) is 0.388. The molecule has 0 radical (unpaired) electrons. The van der Waals surface area contributed by atoms with Crippen molar-refractivity contribution in [1.29, 1.82) is 5.26 Å². The Morgan fingerprint density at radius 1 is 1.05 bits per heavy atom. The Labute approximate surface area is 228 Å². The van der Waals surface area contributed by atoms with Crippen molar-refractivity contribution in [3.8, 4) is 11.9 Å². The smallest absolute Gasteiger partial charge is 0.242 e. The summed E-state index contributed by atoms with van der Waals surface area (Å²) < 4.78 is 1.91. The molecule has 198 valence electrons. The van der Waals surface area contributed by atoms with E-state index in [1.54, 1.807) is 24.5 Å². The van der Waals surface area contributed by atoms with E-state index in [9.17, 15) is 4.79 Å². The topological polar surface area (TPSA) is 121 Å². The molecule has 5 rings (SSSR count). The second-order valence-electron chi connectivity index (χ2n) is 9.86. The van der Waals surface area contributed by atoms with Gasteiger partial charge in [-0.25, -0.2) is 0 Å². The predicted octanol–water partition coefficient (Wildman–Crippen LogP) is 5.34. The van der Waals surface area contributed by atoms with E-state index in [0.29, 0.717) is 35.6 Å². The van der Waals surface area contributed by atoms with Crippen molar-refractivity contribution >= 4 is 23.4 Å². The van der Waals surface area contributed by atoms with Crippen LogP contribution < -0.4 is 16.0 Å². The van der Waals surface area contributed by atoms with E-state index >= 15 is 0 Å². The molecule has 1 fully saturated rings. The number of aromatic nitrogens is 4. The van der Waals surface area contributed by atoms with Crippen molar-refractivity contribution in [3.63, 3.8) is 0 Å². The van der Waals surface area contributed by atoms with Gasteiger partial charge >= 0.3 is 0 Å². The normalized spacial score (nSPS) is 14.2. The molecule has 1 aliphatic rings. The van der Waals surface area contributed by atoms with Gasteiger partial charge in [0.2, 0.25) is 11.9 Å². The molecular formula is C30H32N8O. The summed E-state index contributed by atoms with van der Waals surface area (Å²) >= 11 is 0. The largest absolute Gasteiger partial charge is 0.358 e. The Kier molecular flexibility index (Phi) is 8.44. The van der Waals surface area contributed by atoms with E-state index in [0.717, 1.165) is 30.5 Å². The van der Waals surface area contributed by atoms with E-state index in [1.807, 2.05) is 59.4 Å². The Morgan fingerprint density at radius 3 is 2.56 bits per heavy atom. The summed E-state index contributed by atoms with van der Waals surface area (Å²) in [6.07, 6.45) is 13.9. The summed E-state index contributed by atoms with van der Waals surface area (Å²) in [5.41, 5.74) is 2.31. The molecule has 4 aromatic rings. The number of amides is 1. The number of nitrogens with zero attached hydrogens (tertiary/aromatic N) is 5. The number of pyridine rings is 1. The number of hydrogen-bond donors (Lipinski definition) is 3. The van der Waals surface area contributed by atoms with Crippen molar-refractivity contribution in [3.05, 3.63) is 90.5 Å². The zero-order chi connectivity index (χ0) is 26.9. The van der Waals surface area contributed by atoms with Gasteiger partial charge in [0.25, 0.3) is 0 Å². The minimum absolute atomic E-state index is 0.0761. The van der Waals surface area contributed by atoms with E-state index in [-0.39, 0.29) is 5.91 Å². The van der Waals surface area contributed by atoms with Crippen LogP contribution in [-0.4, -0.2) is 31.5 Å². The van der Waals surface area contributed by atoms with Crippen molar-refractivity contribution in [2.75, 3.05) is 10.6 Å². The highest BCUT2D eigenvalue weighted by atomic mass is 16.2. The van der Waals surface area contributed by atoms with Gasteiger partial charge in [0.05, 0.1) is 23.5 Å². The zero-order valence-corrected chi connectivity index (χ0v) is 21.8. The predicted molar refractivity (Wildman–Crippen MR) is 150 cm³/mol. The number of nitrogens with one attached hydrogen (secondary N) is 3. The standard InChI is InChI=1S/C30H32N8O/c31-19-23-10-12-24(13-11-23)20-33-29(39)26(17-22-7-2-1-3-8-22)35-27-18-28(38-15-4-5-16-38)37-30(36-27)34-25-9-6-14-32-21-25/h4-6,9-16,18,21-22,26H,1-3,7-8,17,20H2,(H,33,39)(H2,34,35,36,37)/t26-/m1/s1. The average Bonchev–Trinajstić information content (AvgIpc) is 3.52. The van der Waals surface area contributed by atoms with Crippen LogP contribution in [0.25, 0.3) is 5.82 Å². The van der Waals surface area contributed by atoms with Crippen LogP contribution in [0, 0.1) is 17.2 Å². The molecular weight excluding hydrogens is 488 g/mol. The molecule has 0 spiro atoms. The van der Waals surface area contributed by atoms with Crippen LogP contribution in [-0.2, 0) is 11.3 Å². The zero-order valence-electron chi connectivity index (χ0n) is 21.8. The molecule has 0 bridgehead atoms. The molecule has 3 aromatic heterocycles. The molecule has 0 saturated heterocycles. The molecule has 9 nitrogen and oxygen atoms in total. The van der Waals surface area contributed by atoms with E-state index < -0.39 is 6.04 Å². The van der Waals surface area contributed by atoms with Gasteiger partial charge in [-0.2, -0.15) is 15.2 Å². The Balaban J connectivity index is 1.38. The van der Waals surface area contributed by atoms with Gasteiger partial charge in [-0.15, -0.1) is 0 Å². The van der Waals surface area contributed by atoms with Crippen molar-refractivity contribution < 1.29 is 4.79 Å². The Bertz CT molecular complexity index is 1390. The first-order chi connectivity index (χ1) is 19.2. The Hall–Kier alpha value is -4.71. The lowest BCUT2D eigenvalue weighted by atomic mass is 9.84. The van der Waals surface area contributed by atoms with Crippen molar-refractivity contribution in [1.82, 2.24) is 24.8 Å². The van der Waals surface area contributed by atoms with Crippen LogP contribution >= 0.6 is 0 Å². The third-order valence-electron chi connectivity index (χ3n) is 6.98. The quantitative estimate of drug-likeness (QED) is 0.258.